The van der Waals surface area contributed by atoms with Crippen LogP contribution in [-0.2, 0) is 14.6 Å². The second-order valence-corrected chi connectivity index (χ2v) is 11.0. The topological polar surface area (TPSA) is 86.4 Å². The zero-order valence-corrected chi connectivity index (χ0v) is 18.8. The summed E-state index contributed by atoms with van der Waals surface area (Å²) in [6, 6.07) is 17.3. The van der Waals surface area contributed by atoms with E-state index in [1.807, 2.05) is 64.4 Å². The van der Waals surface area contributed by atoms with Crippen molar-refractivity contribution in [3.8, 4) is 0 Å². The number of H-pyrrole nitrogens is 1. The van der Waals surface area contributed by atoms with Crippen LogP contribution in [-0.4, -0.2) is 71.8 Å². The summed E-state index contributed by atoms with van der Waals surface area (Å²) in [5.41, 5.74) is 2.95. The number of rotatable bonds is 4. The normalized spacial score (nSPS) is 20.9. The molecule has 8 heteroatoms. The molecule has 168 valence electrons. The number of aromatic nitrogens is 2. The zero-order valence-electron chi connectivity index (χ0n) is 18.0. The number of carbonyl (C=O) groups excluding carboxylic acids is 1. The highest BCUT2D eigenvalue weighted by Gasteiger charge is 2.36. The van der Waals surface area contributed by atoms with Gasteiger partial charge in [-0.1, -0.05) is 42.5 Å². The molecule has 0 bridgehead atoms. The number of hydrogen-bond donors (Lipinski definition) is 1. The fourth-order valence-electron chi connectivity index (χ4n) is 4.84. The molecule has 0 saturated carbocycles. The molecule has 32 heavy (non-hydrogen) atoms. The Labute approximate surface area is 188 Å². The molecule has 1 aromatic heterocycles. The van der Waals surface area contributed by atoms with Crippen LogP contribution in [0.2, 0.25) is 0 Å². The van der Waals surface area contributed by atoms with Crippen LogP contribution < -0.4 is 0 Å². The first-order valence-electron chi connectivity index (χ1n) is 11.2. The van der Waals surface area contributed by atoms with Crippen LogP contribution in [0, 0.1) is 0 Å². The lowest BCUT2D eigenvalue weighted by Gasteiger charge is -2.39. The number of sulfone groups is 1. The Kier molecular flexibility index (Phi) is 5.73. The summed E-state index contributed by atoms with van der Waals surface area (Å²) < 4.78 is 23.9. The number of piperidine rings is 1. The standard InChI is InChI=1S/C24H28N4O3S/c29-24(22(18-6-2-1-3-7-18)27-14-16-32(30,31)17-15-27)28-12-10-19(11-13-28)23-25-20-8-4-5-9-21(20)26-23/h1-9,19,22H,10-17H2,(H,25,26). The van der Waals surface area contributed by atoms with Gasteiger partial charge in [0.15, 0.2) is 9.84 Å². The summed E-state index contributed by atoms with van der Waals surface area (Å²) in [6.07, 6.45) is 1.73. The number of likely N-dealkylation sites (tertiary alicyclic amines) is 1. The van der Waals surface area contributed by atoms with E-state index in [1.54, 1.807) is 0 Å². The van der Waals surface area contributed by atoms with Crippen LogP contribution in [0.5, 0.6) is 0 Å². The second-order valence-electron chi connectivity index (χ2n) is 8.74. The maximum atomic E-state index is 13.7. The van der Waals surface area contributed by atoms with Crippen molar-refractivity contribution >= 4 is 26.8 Å². The van der Waals surface area contributed by atoms with E-state index in [9.17, 15) is 13.2 Å². The molecule has 2 aromatic carbocycles. The van der Waals surface area contributed by atoms with Crippen LogP contribution in [0.4, 0.5) is 0 Å². The lowest BCUT2D eigenvalue weighted by Crippen LogP contribution is -2.50. The average Bonchev–Trinajstić information content (AvgIpc) is 3.25. The number of carbonyl (C=O) groups is 1. The van der Waals surface area contributed by atoms with Gasteiger partial charge in [-0.2, -0.15) is 0 Å². The van der Waals surface area contributed by atoms with Gasteiger partial charge in [0.1, 0.15) is 11.9 Å². The van der Waals surface area contributed by atoms with E-state index in [2.05, 4.69) is 4.98 Å². The van der Waals surface area contributed by atoms with Crippen molar-refractivity contribution in [2.45, 2.75) is 24.8 Å². The number of fused-ring (bicyclic) bond motifs is 1. The third-order valence-electron chi connectivity index (χ3n) is 6.69. The van der Waals surface area contributed by atoms with E-state index < -0.39 is 15.9 Å². The van der Waals surface area contributed by atoms with Gasteiger partial charge in [-0.05, 0) is 30.5 Å². The molecule has 2 aliphatic rings. The van der Waals surface area contributed by atoms with Crippen molar-refractivity contribution in [2.24, 2.45) is 0 Å². The van der Waals surface area contributed by atoms with Crippen LogP contribution in [0.25, 0.3) is 11.0 Å². The molecule has 2 aliphatic heterocycles. The van der Waals surface area contributed by atoms with Crippen LogP contribution >= 0.6 is 0 Å². The fraction of sp³-hybridized carbons (Fsp3) is 0.417. The van der Waals surface area contributed by atoms with E-state index in [4.69, 9.17) is 4.98 Å². The largest absolute Gasteiger partial charge is 0.342 e. The summed E-state index contributed by atoms with van der Waals surface area (Å²) in [7, 11) is -3.01. The van der Waals surface area contributed by atoms with Gasteiger partial charge in [0.2, 0.25) is 5.91 Å². The van der Waals surface area contributed by atoms with E-state index in [-0.39, 0.29) is 17.4 Å². The van der Waals surface area contributed by atoms with Crippen molar-refractivity contribution in [1.29, 1.82) is 0 Å². The molecule has 0 spiro atoms. The van der Waals surface area contributed by atoms with Gasteiger partial charge in [0, 0.05) is 32.1 Å². The second kappa shape index (κ2) is 8.67. The predicted molar refractivity (Wildman–Crippen MR) is 124 cm³/mol. The first-order chi connectivity index (χ1) is 15.5. The first-order valence-corrected chi connectivity index (χ1v) is 13.1. The maximum Gasteiger partial charge on any atom is 0.244 e. The van der Waals surface area contributed by atoms with E-state index in [0.29, 0.717) is 32.1 Å². The highest BCUT2D eigenvalue weighted by molar-refractivity contribution is 7.91. The molecule has 2 saturated heterocycles. The van der Waals surface area contributed by atoms with Crippen molar-refractivity contribution in [3.05, 3.63) is 66.0 Å². The lowest BCUT2D eigenvalue weighted by molar-refractivity contribution is -0.138. The molecule has 1 unspecified atom stereocenters. The van der Waals surface area contributed by atoms with Crippen LogP contribution in [0.3, 0.4) is 0 Å². The number of amides is 1. The molecular weight excluding hydrogens is 424 g/mol. The molecular formula is C24H28N4O3S. The van der Waals surface area contributed by atoms with Crippen LogP contribution in [0.15, 0.2) is 54.6 Å². The molecule has 1 amide bonds. The Balaban J connectivity index is 1.31. The van der Waals surface area contributed by atoms with Gasteiger partial charge in [-0.15, -0.1) is 0 Å². The summed E-state index contributed by atoms with van der Waals surface area (Å²) in [5, 5.41) is 0. The molecule has 5 rings (SSSR count). The maximum absolute atomic E-state index is 13.7. The summed E-state index contributed by atoms with van der Waals surface area (Å²) in [6.45, 7) is 2.14. The Morgan fingerprint density at radius 2 is 1.59 bits per heavy atom. The van der Waals surface area contributed by atoms with Gasteiger partial charge in [0.25, 0.3) is 0 Å². The Morgan fingerprint density at radius 1 is 0.938 bits per heavy atom. The molecule has 2 fully saturated rings. The summed E-state index contributed by atoms with van der Waals surface area (Å²) in [5.74, 6) is 1.59. The minimum atomic E-state index is -3.01. The number of benzene rings is 2. The Morgan fingerprint density at radius 3 is 2.28 bits per heavy atom. The van der Waals surface area contributed by atoms with E-state index in [1.165, 1.54) is 0 Å². The SMILES string of the molecule is O=C(C(c1ccccc1)N1CCS(=O)(=O)CC1)N1CCC(c2nc3ccccc3[nH]2)CC1. The highest BCUT2D eigenvalue weighted by Crippen LogP contribution is 2.31. The number of hydrogen-bond acceptors (Lipinski definition) is 5. The molecule has 7 nitrogen and oxygen atoms in total. The van der Waals surface area contributed by atoms with Crippen molar-refractivity contribution in [1.82, 2.24) is 19.8 Å². The van der Waals surface area contributed by atoms with E-state index >= 15 is 0 Å². The lowest BCUT2D eigenvalue weighted by atomic mass is 9.94. The third kappa shape index (κ3) is 4.29. The number of nitrogens with zero attached hydrogens (tertiary/aromatic N) is 3. The van der Waals surface area contributed by atoms with Gasteiger partial charge in [-0.3, -0.25) is 9.69 Å². The molecule has 0 radical (unpaired) electrons. The Hall–Kier alpha value is -2.71. The monoisotopic (exact) mass is 452 g/mol. The molecule has 3 aromatic rings. The first kappa shape index (κ1) is 21.2. The van der Waals surface area contributed by atoms with Gasteiger partial charge in [-0.25, -0.2) is 13.4 Å². The van der Waals surface area contributed by atoms with Gasteiger partial charge >= 0.3 is 0 Å². The number of aromatic amines is 1. The minimum Gasteiger partial charge on any atom is -0.342 e. The van der Waals surface area contributed by atoms with Crippen molar-refractivity contribution < 1.29 is 13.2 Å². The smallest absolute Gasteiger partial charge is 0.244 e. The van der Waals surface area contributed by atoms with Crippen molar-refractivity contribution in [3.63, 3.8) is 0 Å². The zero-order chi connectivity index (χ0) is 22.1. The number of nitrogens with one attached hydrogen (secondary N) is 1. The number of imidazole rings is 1. The van der Waals surface area contributed by atoms with Crippen molar-refractivity contribution in [2.75, 3.05) is 37.7 Å². The summed E-state index contributed by atoms with van der Waals surface area (Å²) in [4.78, 5) is 25.8. The predicted octanol–water partition coefficient (Wildman–Crippen LogP) is 2.74. The quantitative estimate of drug-likeness (QED) is 0.658. The average molecular weight is 453 g/mol. The number of para-hydroxylation sites is 2. The fourth-order valence-corrected chi connectivity index (χ4v) is 6.07. The third-order valence-corrected chi connectivity index (χ3v) is 8.30. The molecule has 1 N–H and O–H groups in total. The Bertz CT molecular complexity index is 1150. The minimum absolute atomic E-state index is 0.0681. The molecule has 1 atom stereocenters. The summed E-state index contributed by atoms with van der Waals surface area (Å²) >= 11 is 0. The van der Waals surface area contributed by atoms with Crippen LogP contribution in [0.1, 0.15) is 36.2 Å². The van der Waals surface area contributed by atoms with E-state index in [0.717, 1.165) is 35.3 Å². The molecule has 3 heterocycles. The van der Waals surface area contributed by atoms with Gasteiger partial charge < -0.3 is 9.88 Å². The van der Waals surface area contributed by atoms with Gasteiger partial charge in [0.05, 0.1) is 22.5 Å². The highest BCUT2D eigenvalue weighted by atomic mass is 32.2. The molecule has 0 aliphatic carbocycles.